The smallest absolute Gasteiger partial charge is 0.160 e. The van der Waals surface area contributed by atoms with Crippen molar-refractivity contribution in [1.29, 1.82) is 0 Å². The summed E-state index contributed by atoms with van der Waals surface area (Å²) in [6, 6.07) is 7.88. The Labute approximate surface area is 135 Å². The van der Waals surface area contributed by atoms with E-state index in [4.69, 9.17) is 27.9 Å². The summed E-state index contributed by atoms with van der Waals surface area (Å²) in [4.78, 5) is 8.77. The molecule has 0 amide bonds. The van der Waals surface area contributed by atoms with Crippen LogP contribution >= 0.6 is 23.2 Å². The SMILES string of the molecule is CCOC(CC)c1nc(Cl)c(-c2ccccc2C)c(Cl)n1. The zero-order valence-electron chi connectivity index (χ0n) is 12.4. The molecule has 5 heteroatoms. The van der Waals surface area contributed by atoms with Gasteiger partial charge in [-0.3, -0.25) is 0 Å². The summed E-state index contributed by atoms with van der Waals surface area (Å²) in [6.45, 7) is 6.55. The highest BCUT2D eigenvalue weighted by molar-refractivity contribution is 6.37. The Morgan fingerprint density at radius 2 is 1.71 bits per heavy atom. The first-order valence-corrected chi connectivity index (χ1v) is 7.74. The van der Waals surface area contributed by atoms with Gasteiger partial charge >= 0.3 is 0 Å². The van der Waals surface area contributed by atoms with Gasteiger partial charge in [-0.1, -0.05) is 54.4 Å². The summed E-state index contributed by atoms with van der Waals surface area (Å²) >= 11 is 12.7. The van der Waals surface area contributed by atoms with E-state index < -0.39 is 0 Å². The van der Waals surface area contributed by atoms with Crippen LogP contribution in [0.2, 0.25) is 10.3 Å². The Kier molecular flexibility index (Phi) is 5.57. The van der Waals surface area contributed by atoms with Gasteiger partial charge in [0.2, 0.25) is 0 Å². The molecule has 0 N–H and O–H groups in total. The molecular formula is C16H18Cl2N2O. The van der Waals surface area contributed by atoms with Crippen molar-refractivity contribution >= 4 is 23.2 Å². The van der Waals surface area contributed by atoms with E-state index in [1.165, 1.54) is 0 Å². The third kappa shape index (κ3) is 3.54. The first-order valence-electron chi connectivity index (χ1n) is 6.99. The highest BCUT2D eigenvalue weighted by Gasteiger charge is 2.19. The third-order valence-electron chi connectivity index (χ3n) is 3.28. The van der Waals surface area contributed by atoms with Crippen LogP contribution in [0.3, 0.4) is 0 Å². The molecule has 1 unspecified atom stereocenters. The fraction of sp³-hybridized carbons (Fsp3) is 0.375. The van der Waals surface area contributed by atoms with Crippen molar-refractivity contribution in [2.45, 2.75) is 33.3 Å². The molecule has 1 atom stereocenters. The van der Waals surface area contributed by atoms with E-state index in [2.05, 4.69) is 9.97 Å². The van der Waals surface area contributed by atoms with Gasteiger partial charge in [0.15, 0.2) is 5.82 Å². The summed E-state index contributed by atoms with van der Waals surface area (Å²) in [5.74, 6) is 0.534. The fourth-order valence-electron chi connectivity index (χ4n) is 2.22. The Morgan fingerprint density at radius 3 is 2.24 bits per heavy atom. The number of hydrogen-bond donors (Lipinski definition) is 0. The van der Waals surface area contributed by atoms with Crippen LogP contribution in [0, 0.1) is 6.92 Å². The number of nitrogens with zero attached hydrogens (tertiary/aromatic N) is 2. The molecule has 2 rings (SSSR count). The molecule has 1 aromatic heterocycles. The summed E-state index contributed by atoms with van der Waals surface area (Å²) in [5.41, 5.74) is 2.70. The maximum atomic E-state index is 6.35. The molecule has 2 aromatic rings. The van der Waals surface area contributed by atoms with Gasteiger partial charge < -0.3 is 4.74 Å². The Bertz CT molecular complexity index is 608. The van der Waals surface area contributed by atoms with E-state index in [9.17, 15) is 0 Å². The van der Waals surface area contributed by atoms with E-state index >= 15 is 0 Å². The molecule has 0 fully saturated rings. The molecule has 1 aromatic carbocycles. The maximum absolute atomic E-state index is 6.35. The molecule has 0 aliphatic heterocycles. The highest BCUT2D eigenvalue weighted by atomic mass is 35.5. The number of benzene rings is 1. The lowest BCUT2D eigenvalue weighted by atomic mass is 10.0. The number of ether oxygens (including phenoxy) is 1. The van der Waals surface area contributed by atoms with Gasteiger partial charge in [0.05, 0.1) is 5.56 Å². The molecule has 0 saturated heterocycles. The minimum absolute atomic E-state index is 0.184. The van der Waals surface area contributed by atoms with Gasteiger partial charge in [0.1, 0.15) is 16.4 Å². The van der Waals surface area contributed by atoms with E-state index in [0.29, 0.717) is 28.3 Å². The van der Waals surface area contributed by atoms with Crippen LogP contribution in [0.5, 0.6) is 0 Å². The third-order valence-corrected chi connectivity index (χ3v) is 3.83. The molecule has 0 bridgehead atoms. The second-order valence-corrected chi connectivity index (χ2v) is 5.42. The van der Waals surface area contributed by atoms with E-state index in [-0.39, 0.29) is 6.10 Å². The molecule has 0 radical (unpaired) electrons. The predicted molar refractivity (Wildman–Crippen MR) is 86.9 cm³/mol. The quantitative estimate of drug-likeness (QED) is 0.705. The standard InChI is InChI=1S/C16H18Cl2N2O/c1-4-12(21-5-2)16-19-14(17)13(15(18)20-16)11-9-7-6-8-10(11)3/h6-9,12H,4-5H2,1-3H3. The van der Waals surface area contributed by atoms with Crippen molar-refractivity contribution in [3.8, 4) is 11.1 Å². The average Bonchev–Trinajstić information content (AvgIpc) is 2.46. The first-order chi connectivity index (χ1) is 10.1. The molecule has 0 spiro atoms. The molecule has 1 heterocycles. The highest BCUT2D eigenvalue weighted by Crippen LogP contribution is 2.35. The van der Waals surface area contributed by atoms with Gasteiger partial charge in [-0.05, 0) is 31.4 Å². The number of hydrogen-bond acceptors (Lipinski definition) is 3. The zero-order chi connectivity index (χ0) is 15.4. The number of halogens is 2. The number of rotatable bonds is 5. The lowest BCUT2D eigenvalue weighted by Gasteiger charge is -2.16. The van der Waals surface area contributed by atoms with Crippen molar-refractivity contribution in [1.82, 2.24) is 9.97 Å². The van der Waals surface area contributed by atoms with Gasteiger partial charge in [-0.15, -0.1) is 0 Å². The topological polar surface area (TPSA) is 35.0 Å². The molecule has 0 aliphatic carbocycles. The zero-order valence-corrected chi connectivity index (χ0v) is 13.9. The largest absolute Gasteiger partial charge is 0.371 e. The van der Waals surface area contributed by atoms with Crippen LogP contribution in [0.15, 0.2) is 24.3 Å². The van der Waals surface area contributed by atoms with Crippen molar-refractivity contribution in [3.63, 3.8) is 0 Å². The normalized spacial score (nSPS) is 12.4. The maximum Gasteiger partial charge on any atom is 0.160 e. The summed E-state index contributed by atoms with van der Waals surface area (Å²) in [5, 5.41) is 0.718. The van der Waals surface area contributed by atoms with Crippen LogP contribution in [0.25, 0.3) is 11.1 Å². The molecule has 0 aliphatic rings. The minimum Gasteiger partial charge on any atom is -0.371 e. The van der Waals surface area contributed by atoms with Crippen LogP contribution in [0.4, 0.5) is 0 Å². The van der Waals surface area contributed by atoms with Crippen molar-refractivity contribution in [2.24, 2.45) is 0 Å². The van der Waals surface area contributed by atoms with Gasteiger partial charge in [0.25, 0.3) is 0 Å². The molecule has 3 nitrogen and oxygen atoms in total. The lowest BCUT2D eigenvalue weighted by molar-refractivity contribution is 0.0535. The second kappa shape index (κ2) is 7.21. The van der Waals surface area contributed by atoms with E-state index in [0.717, 1.165) is 17.5 Å². The van der Waals surface area contributed by atoms with Crippen LogP contribution < -0.4 is 0 Å². The molecular weight excluding hydrogens is 307 g/mol. The number of aromatic nitrogens is 2. The summed E-state index contributed by atoms with van der Waals surface area (Å²) in [6.07, 6.45) is 0.584. The van der Waals surface area contributed by atoms with E-state index in [1.807, 2.05) is 45.0 Å². The Hall–Kier alpha value is -1.16. The van der Waals surface area contributed by atoms with Gasteiger partial charge in [-0.2, -0.15) is 0 Å². The van der Waals surface area contributed by atoms with Crippen LogP contribution in [0.1, 0.15) is 37.8 Å². The molecule has 112 valence electrons. The van der Waals surface area contributed by atoms with Crippen molar-refractivity contribution in [3.05, 3.63) is 46.0 Å². The summed E-state index contributed by atoms with van der Waals surface area (Å²) in [7, 11) is 0. The molecule has 21 heavy (non-hydrogen) atoms. The fourth-order valence-corrected chi connectivity index (χ4v) is 2.82. The predicted octanol–water partition coefficient (Wildman–Crippen LogP) is 5.25. The van der Waals surface area contributed by atoms with Crippen molar-refractivity contribution in [2.75, 3.05) is 6.61 Å². The summed E-state index contributed by atoms with van der Waals surface area (Å²) < 4.78 is 5.61. The number of aryl methyl sites for hydroxylation is 1. The Balaban J connectivity index is 2.50. The van der Waals surface area contributed by atoms with E-state index in [1.54, 1.807) is 0 Å². The van der Waals surface area contributed by atoms with Crippen LogP contribution in [-0.2, 0) is 4.74 Å². The van der Waals surface area contributed by atoms with Crippen molar-refractivity contribution < 1.29 is 4.74 Å². The Morgan fingerprint density at radius 1 is 1.10 bits per heavy atom. The van der Waals surface area contributed by atoms with Crippen LogP contribution in [-0.4, -0.2) is 16.6 Å². The second-order valence-electron chi connectivity index (χ2n) is 4.71. The first kappa shape index (κ1) is 16.2. The lowest BCUT2D eigenvalue weighted by Crippen LogP contribution is -2.09. The monoisotopic (exact) mass is 324 g/mol. The minimum atomic E-state index is -0.184. The van der Waals surface area contributed by atoms with Gasteiger partial charge in [0, 0.05) is 6.61 Å². The van der Waals surface area contributed by atoms with Gasteiger partial charge in [-0.25, -0.2) is 9.97 Å². The molecule has 0 saturated carbocycles. The average molecular weight is 325 g/mol.